The fourth-order valence-electron chi connectivity index (χ4n) is 3.70. The minimum absolute atomic E-state index is 0.318. The van der Waals surface area contributed by atoms with Crippen molar-refractivity contribution < 1.29 is 17.9 Å². The highest BCUT2D eigenvalue weighted by atomic mass is 32.2. The van der Waals surface area contributed by atoms with Crippen LogP contribution in [0.1, 0.15) is 25.7 Å². The van der Waals surface area contributed by atoms with E-state index in [1.165, 1.54) is 6.26 Å². The van der Waals surface area contributed by atoms with E-state index < -0.39 is 10.0 Å². The molecule has 3 rings (SSSR count). The lowest BCUT2D eigenvalue weighted by molar-refractivity contribution is -0.185. The maximum atomic E-state index is 11.7. The average molecular weight is 318 g/mol. The molecule has 3 aliphatic heterocycles. The van der Waals surface area contributed by atoms with E-state index >= 15 is 0 Å². The molecule has 0 aliphatic carbocycles. The summed E-state index contributed by atoms with van der Waals surface area (Å²) in [5, 5.41) is 0. The molecule has 0 radical (unpaired) electrons. The van der Waals surface area contributed by atoms with Gasteiger partial charge in [0, 0.05) is 45.6 Å². The molecule has 0 aromatic rings. The average Bonchev–Trinajstić information content (AvgIpc) is 2.90. The molecule has 3 aliphatic rings. The molecule has 0 amide bonds. The Labute approximate surface area is 127 Å². The zero-order chi connectivity index (χ0) is 14.9. The molecule has 122 valence electrons. The van der Waals surface area contributed by atoms with Crippen molar-refractivity contribution in [2.24, 2.45) is 5.92 Å². The van der Waals surface area contributed by atoms with E-state index in [-0.39, 0.29) is 5.79 Å². The minimum atomic E-state index is -3.04. The van der Waals surface area contributed by atoms with Gasteiger partial charge < -0.3 is 14.4 Å². The lowest BCUT2D eigenvalue weighted by Crippen LogP contribution is -2.48. The molecule has 0 N–H and O–H groups in total. The number of rotatable bonds is 3. The van der Waals surface area contributed by atoms with Crippen molar-refractivity contribution in [2.75, 3.05) is 52.2 Å². The summed E-state index contributed by atoms with van der Waals surface area (Å²) in [6, 6.07) is 0. The van der Waals surface area contributed by atoms with Crippen LogP contribution in [0.3, 0.4) is 0 Å². The second kappa shape index (κ2) is 6.12. The Balaban J connectivity index is 1.49. The van der Waals surface area contributed by atoms with E-state index in [4.69, 9.17) is 9.47 Å². The van der Waals surface area contributed by atoms with Crippen molar-refractivity contribution in [2.45, 2.75) is 31.5 Å². The van der Waals surface area contributed by atoms with Crippen LogP contribution in [-0.2, 0) is 19.5 Å². The summed E-state index contributed by atoms with van der Waals surface area (Å²) in [6.45, 7) is 5.73. The highest BCUT2D eigenvalue weighted by Crippen LogP contribution is 2.32. The lowest BCUT2D eigenvalue weighted by atomic mass is 9.96. The standard InChI is InChI=1S/C14H26N2O4S/c1-21(17,18)16-6-2-3-13(12-16)11-15-7-4-14(5-8-15)19-9-10-20-14/h13H,2-12H2,1H3. The quantitative estimate of drug-likeness (QED) is 0.758. The van der Waals surface area contributed by atoms with Crippen LogP contribution in [0.25, 0.3) is 0 Å². The van der Waals surface area contributed by atoms with Gasteiger partial charge in [0.05, 0.1) is 19.5 Å². The van der Waals surface area contributed by atoms with Gasteiger partial charge in [-0.05, 0) is 18.8 Å². The smallest absolute Gasteiger partial charge is 0.211 e. The topological polar surface area (TPSA) is 59.1 Å². The summed E-state index contributed by atoms with van der Waals surface area (Å²) in [7, 11) is -3.04. The lowest BCUT2D eigenvalue weighted by Gasteiger charge is -2.40. The molecule has 1 unspecified atom stereocenters. The number of piperidine rings is 2. The molecular formula is C14H26N2O4S. The van der Waals surface area contributed by atoms with Gasteiger partial charge in [-0.3, -0.25) is 0 Å². The molecule has 0 bridgehead atoms. The summed E-state index contributed by atoms with van der Waals surface area (Å²) in [4.78, 5) is 2.44. The minimum Gasteiger partial charge on any atom is -0.347 e. The number of hydrogen-bond donors (Lipinski definition) is 0. The number of hydrogen-bond acceptors (Lipinski definition) is 5. The molecule has 0 aromatic carbocycles. The summed E-state index contributed by atoms with van der Waals surface area (Å²) >= 11 is 0. The largest absolute Gasteiger partial charge is 0.347 e. The van der Waals surface area contributed by atoms with Crippen LogP contribution in [0.4, 0.5) is 0 Å². The Morgan fingerprint density at radius 3 is 2.43 bits per heavy atom. The van der Waals surface area contributed by atoms with Gasteiger partial charge in [0.25, 0.3) is 0 Å². The molecule has 1 atom stereocenters. The Morgan fingerprint density at radius 2 is 1.81 bits per heavy atom. The van der Waals surface area contributed by atoms with Gasteiger partial charge in [0.2, 0.25) is 10.0 Å². The summed E-state index contributed by atoms with van der Waals surface area (Å²) in [5.74, 6) is 0.134. The first-order chi connectivity index (χ1) is 9.97. The van der Waals surface area contributed by atoms with E-state index in [0.717, 1.165) is 45.3 Å². The number of likely N-dealkylation sites (tertiary alicyclic amines) is 1. The molecule has 21 heavy (non-hydrogen) atoms. The first-order valence-electron chi connectivity index (χ1n) is 7.92. The van der Waals surface area contributed by atoms with E-state index in [1.807, 2.05) is 0 Å². The molecule has 7 heteroatoms. The van der Waals surface area contributed by atoms with Crippen LogP contribution in [-0.4, -0.2) is 75.6 Å². The van der Waals surface area contributed by atoms with Crippen LogP contribution in [0, 0.1) is 5.92 Å². The third-order valence-electron chi connectivity index (χ3n) is 4.90. The van der Waals surface area contributed by atoms with Gasteiger partial charge in [-0.15, -0.1) is 0 Å². The third-order valence-corrected chi connectivity index (χ3v) is 6.17. The Bertz CT molecular complexity index is 452. The molecular weight excluding hydrogens is 292 g/mol. The second-order valence-electron chi connectivity index (χ2n) is 6.54. The van der Waals surface area contributed by atoms with Crippen LogP contribution >= 0.6 is 0 Å². The van der Waals surface area contributed by atoms with Crippen LogP contribution in [0.15, 0.2) is 0 Å². The van der Waals surface area contributed by atoms with Crippen molar-refractivity contribution in [3.05, 3.63) is 0 Å². The first-order valence-corrected chi connectivity index (χ1v) is 9.77. The van der Waals surface area contributed by atoms with E-state index in [0.29, 0.717) is 32.2 Å². The van der Waals surface area contributed by atoms with Crippen LogP contribution in [0.5, 0.6) is 0 Å². The highest BCUT2D eigenvalue weighted by Gasteiger charge is 2.40. The van der Waals surface area contributed by atoms with E-state index in [9.17, 15) is 8.42 Å². The highest BCUT2D eigenvalue weighted by molar-refractivity contribution is 7.88. The van der Waals surface area contributed by atoms with Gasteiger partial charge >= 0.3 is 0 Å². The van der Waals surface area contributed by atoms with Crippen molar-refractivity contribution in [1.82, 2.24) is 9.21 Å². The van der Waals surface area contributed by atoms with Crippen molar-refractivity contribution >= 4 is 10.0 Å². The predicted molar refractivity (Wildman–Crippen MR) is 79.4 cm³/mol. The maximum Gasteiger partial charge on any atom is 0.211 e. The van der Waals surface area contributed by atoms with Crippen molar-refractivity contribution in [3.8, 4) is 0 Å². The molecule has 3 fully saturated rings. The summed E-state index contributed by atoms with van der Waals surface area (Å²) < 4.78 is 36.5. The Hall–Kier alpha value is -0.210. The molecule has 3 heterocycles. The van der Waals surface area contributed by atoms with Crippen LogP contribution in [0.2, 0.25) is 0 Å². The molecule has 0 aromatic heterocycles. The van der Waals surface area contributed by atoms with Gasteiger partial charge in [-0.2, -0.15) is 0 Å². The third kappa shape index (κ3) is 3.76. The monoisotopic (exact) mass is 318 g/mol. The number of nitrogens with zero attached hydrogens (tertiary/aromatic N) is 2. The molecule has 1 spiro atoms. The summed E-state index contributed by atoms with van der Waals surface area (Å²) in [5.41, 5.74) is 0. The Morgan fingerprint density at radius 1 is 1.14 bits per heavy atom. The SMILES string of the molecule is CS(=O)(=O)N1CCCC(CN2CCC3(CC2)OCCO3)C1. The Kier molecular flexibility index (Phi) is 4.57. The molecule has 3 saturated heterocycles. The predicted octanol–water partition coefficient (Wildman–Crippen LogP) is 0.497. The fourth-order valence-corrected chi connectivity index (χ4v) is 4.65. The van der Waals surface area contributed by atoms with Gasteiger partial charge in [-0.25, -0.2) is 12.7 Å². The fraction of sp³-hybridized carbons (Fsp3) is 1.00. The van der Waals surface area contributed by atoms with Crippen molar-refractivity contribution in [1.29, 1.82) is 0 Å². The zero-order valence-electron chi connectivity index (χ0n) is 12.8. The summed E-state index contributed by atoms with van der Waals surface area (Å²) in [6.07, 6.45) is 5.27. The number of ether oxygens (including phenoxy) is 2. The molecule has 0 saturated carbocycles. The van der Waals surface area contributed by atoms with Gasteiger partial charge in [0.1, 0.15) is 0 Å². The van der Waals surface area contributed by atoms with Gasteiger partial charge in [0.15, 0.2) is 5.79 Å². The molecule has 6 nitrogen and oxygen atoms in total. The van der Waals surface area contributed by atoms with Crippen molar-refractivity contribution in [3.63, 3.8) is 0 Å². The normalized spacial score (nSPS) is 31.8. The van der Waals surface area contributed by atoms with E-state index in [2.05, 4.69) is 4.90 Å². The number of sulfonamides is 1. The van der Waals surface area contributed by atoms with E-state index in [1.54, 1.807) is 4.31 Å². The van der Waals surface area contributed by atoms with Crippen LogP contribution < -0.4 is 0 Å². The zero-order valence-corrected chi connectivity index (χ0v) is 13.6. The second-order valence-corrected chi connectivity index (χ2v) is 8.52. The first kappa shape index (κ1) is 15.7. The van der Waals surface area contributed by atoms with Gasteiger partial charge in [-0.1, -0.05) is 0 Å². The maximum absolute atomic E-state index is 11.7.